The Morgan fingerprint density at radius 1 is 1.15 bits per heavy atom. The van der Waals surface area contributed by atoms with E-state index in [2.05, 4.69) is 37.7 Å². The number of carbonyl (C=O) groups excluding carboxylic acids is 1. The number of benzene rings is 1. The SMILES string of the molecule is C=CC(=O)Nc1cc(-c2nc(N3CCOCC3)c3sc(CN4CCN(S(C)(=O)=O)CC4)cc3n2)c2nc[nH]c2c1. The van der Waals surface area contributed by atoms with Crippen LogP contribution in [0.5, 0.6) is 0 Å². The quantitative estimate of drug-likeness (QED) is 0.315. The second-order valence-electron chi connectivity index (χ2n) is 9.85. The smallest absolute Gasteiger partial charge is 0.247 e. The first-order chi connectivity index (χ1) is 19.3. The van der Waals surface area contributed by atoms with Crippen molar-refractivity contribution in [3.05, 3.63) is 42.1 Å². The van der Waals surface area contributed by atoms with Gasteiger partial charge in [0.1, 0.15) is 0 Å². The second-order valence-corrected chi connectivity index (χ2v) is 13.0. The summed E-state index contributed by atoms with van der Waals surface area (Å²) in [6, 6.07) is 5.76. The zero-order valence-corrected chi connectivity index (χ0v) is 23.7. The summed E-state index contributed by atoms with van der Waals surface area (Å²) < 4.78 is 32.0. The standard InChI is InChI=1S/C26H30N8O4S2/c1-3-22(35)29-17-12-19(23-20(13-17)27-16-28-23)25-30-21-14-18(15-32-4-6-34(7-5-32)40(2,36)37)39-24(21)26(31-25)33-8-10-38-11-9-33/h3,12-14,16H,1,4-11,15H2,2H3,(H,27,28)(H,29,35). The van der Waals surface area contributed by atoms with Gasteiger partial charge in [-0.15, -0.1) is 11.3 Å². The molecule has 0 radical (unpaired) electrons. The molecule has 2 saturated heterocycles. The van der Waals surface area contributed by atoms with Crippen LogP contribution in [-0.2, 0) is 26.1 Å². The summed E-state index contributed by atoms with van der Waals surface area (Å²) >= 11 is 1.67. The molecule has 14 heteroatoms. The highest BCUT2D eigenvalue weighted by molar-refractivity contribution is 7.88. The molecule has 3 aromatic heterocycles. The molecule has 2 aliphatic rings. The van der Waals surface area contributed by atoms with Crippen LogP contribution < -0.4 is 10.2 Å². The molecule has 6 rings (SSSR count). The molecule has 0 bridgehead atoms. The van der Waals surface area contributed by atoms with Gasteiger partial charge in [0.2, 0.25) is 15.9 Å². The van der Waals surface area contributed by atoms with Crippen molar-refractivity contribution in [2.24, 2.45) is 0 Å². The van der Waals surface area contributed by atoms with Gasteiger partial charge in [-0.1, -0.05) is 6.58 Å². The third kappa shape index (κ3) is 5.45. The first-order valence-electron chi connectivity index (χ1n) is 13.0. The topological polar surface area (TPSA) is 137 Å². The molecule has 210 valence electrons. The number of amides is 1. The number of fused-ring (bicyclic) bond motifs is 2. The van der Waals surface area contributed by atoms with Crippen molar-refractivity contribution in [2.45, 2.75) is 6.54 Å². The number of hydrogen-bond donors (Lipinski definition) is 2. The van der Waals surface area contributed by atoms with Crippen LogP contribution in [0.25, 0.3) is 32.6 Å². The number of piperazine rings is 1. The lowest BCUT2D eigenvalue weighted by atomic mass is 10.1. The van der Waals surface area contributed by atoms with Gasteiger partial charge in [-0.05, 0) is 24.3 Å². The summed E-state index contributed by atoms with van der Waals surface area (Å²) in [7, 11) is -3.17. The normalized spacial score (nSPS) is 17.5. The molecule has 0 saturated carbocycles. The van der Waals surface area contributed by atoms with Crippen molar-refractivity contribution in [2.75, 3.05) is 69.0 Å². The number of carbonyl (C=O) groups is 1. The fourth-order valence-corrected chi connectivity index (χ4v) is 7.06. The molecule has 0 spiro atoms. The maximum absolute atomic E-state index is 12.0. The van der Waals surface area contributed by atoms with Crippen molar-refractivity contribution >= 4 is 60.0 Å². The van der Waals surface area contributed by atoms with Crippen LogP contribution in [0.3, 0.4) is 0 Å². The van der Waals surface area contributed by atoms with Crippen LogP contribution in [0, 0.1) is 0 Å². The van der Waals surface area contributed by atoms with Crippen molar-refractivity contribution in [3.63, 3.8) is 0 Å². The van der Waals surface area contributed by atoms with E-state index in [0.717, 1.165) is 39.5 Å². The Morgan fingerprint density at radius 3 is 2.65 bits per heavy atom. The largest absolute Gasteiger partial charge is 0.378 e. The average Bonchev–Trinajstić information content (AvgIpc) is 3.59. The molecule has 12 nitrogen and oxygen atoms in total. The molecule has 0 unspecified atom stereocenters. The highest BCUT2D eigenvalue weighted by atomic mass is 32.2. The number of hydrogen-bond acceptors (Lipinski definition) is 10. The number of aromatic nitrogens is 4. The predicted octanol–water partition coefficient (Wildman–Crippen LogP) is 2.27. The van der Waals surface area contributed by atoms with Crippen molar-refractivity contribution in [1.29, 1.82) is 0 Å². The van der Waals surface area contributed by atoms with E-state index >= 15 is 0 Å². The van der Waals surface area contributed by atoms with Gasteiger partial charge in [-0.25, -0.2) is 23.4 Å². The first kappa shape index (κ1) is 26.8. The predicted molar refractivity (Wildman–Crippen MR) is 156 cm³/mol. The van der Waals surface area contributed by atoms with E-state index in [-0.39, 0.29) is 5.91 Å². The third-order valence-electron chi connectivity index (χ3n) is 7.11. The molecule has 2 fully saturated rings. The van der Waals surface area contributed by atoms with Gasteiger partial charge < -0.3 is 19.9 Å². The van der Waals surface area contributed by atoms with Crippen molar-refractivity contribution < 1.29 is 17.9 Å². The summed E-state index contributed by atoms with van der Waals surface area (Å²) in [5.74, 6) is 1.06. The van der Waals surface area contributed by atoms with E-state index in [9.17, 15) is 13.2 Å². The number of H-pyrrole nitrogens is 1. The number of nitrogens with zero attached hydrogens (tertiary/aromatic N) is 6. The molecule has 4 aromatic rings. The second kappa shape index (κ2) is 10.9. The summed E-state index contributed by atoms with van der Waals surface area (Å²) in [5, 5.41) is 2.83. The lowest BCUT2D eigenvalue weighted by Crippen LogP contribution is -2.47. The zero-order valence-electron chi connectivity index (χ0n) is 22.1. The lowest BCUT2D eigenvalue weighted by Gasteiger charge is -2.32. The number of ether oxygens (including phenoxy) is 1. The summed E-state index contributed by atoms with van der Waals surface area (Å²) in [6.45, 7) is 9.27. The Balaban J connectivity index is 1.39. The Kier molecular flexibility index (Phi) is 7.27. The van der Waals surface area contributed by atoms with E-state index in [1.165, 1.54) is 16.6 Å². The van der Waals surface area contributed by atoms with Gasteiger partial charge in [-0.2, -0.15) is 4.31 Å². The lowest BCUT2D eigenvalue weighted by molar-refractivity contribution is -0.111. The fraction of sp³-hybridized carbons (Fsp3) is 0.385. The Hall–Kier alpha value is -3.43. The molecule has 40 heavy (non-hydrogen) atoms. The van der Waals surface area contributed by atoms with E-state index < -0.39 is 10.0 Å². The molecule has 2 aliphatic heterocycles. The minimum absolute atomic E-state index is 0.310. The Bertz CT molecular complexity index is 1690. The molecule has 0 aliphatic carbocycles. The van der Waals surface area contributed by atoms with Crippen molar-refractivity contribution in [1.82, 2.24) is 29.1 Å². The monoisotopic (exact) mass is 582 g/mol. The molecule has 2 N–H and O–H groups in total. The van der Waals surface area contributed by atoms with Crippen molar-refractivity contribution in [3.8, 4) is 11.4 Å². The van der Waals surface area contributed by atoms with Gasteiger partial charge in [0.05, 0.1) is 47.0 Å². The van der Waals surface area contributed by atoms with Gasteiger partial charge >= 0.3 is 0 Å². The highest BCUT2D eigenvalue weighted by Gasteiger charge is 2.25. The molecule has 5 heterocycles. The van der Waals surface area contributed by atoms with Gasteiger partial charge in [-0.3, -0.25) is 9.69 Å². The highest BCUT2D eigenvalue weighted by Crippen LogP contribution is 2.37. The Morgan fingerprint density at radius 2 is 1.93 bits per heavy atom. The van der Waals surface area contributed by atoms with Crippen LogP contribution in [-0.4, -0.2) is 102 Å². The fourth-order valence-electron chi connectivity index (χ4n) is 5.08. The summed E-state index contributed by atoms with van der Waals surface area (Å²) in [6.07, 6.45) is 4.10. The molecule has 1 aromatic carbocycles. The average molecular weight is 583 g/mol. The number of sulfonamides is 1. The molecule has 0 atom stereocenters. The number of morpholine rings is 1. The summed E-state index contributed by atoms with van der Waals surface area (Å²) in [5.41, 5.74) is 3.60. The first-order valence-corrected chi connectivity index (χ1v) is 15.7. The molecular weight excluding hydrogens is 552 g/mol. The van der Waals surface area contributed by atoms with E-state index in [1.54, 1.807) is 17.7 Å². The number of aromatic amines is 1. The van der Waals surface area contributed by atoms with Crippen LogP contribution in [0.2, 0.25) is 0 Å². The minimum atomic E-state index is -3.17. The third-order valence-corrected chi connectivity index (χ3v) is 9.52. The van der Waals surface area contributed by atoms with Gasteiger partial charge in [0.25, 0.3) is 0 Å². The van der Waals surface area contributed by atoms with E-state index in [0.29, 0.717) is 68.5 Å². The van der Waals surface area contributed by atoms with Crippen LogP contribution in [0.1, 0.15) is 4.88 Å². The number of rotatable bonds is 7. The zero-order chi connectivity index (χ0) is 27.9. The van der Waals surface area contributed by atoms with E-state index in [1.807, 2.05) is 12.1 Å². The van der Waals surface area contributed by atoms with Gasteiger partial charge in [0, 0.05) is 61.9 Å². The minimum Gasteiger partial charge on any atom is -0.378 e. The molecular formula is C26H30N8O4S2. The van der Waals surface area contributed by atoms with E-state index in [4.69, 9.17) is 14.7 Å². The van der Waals surface area contributed by atoms with Gasteiger partial charge in [0.15, 0.2) is 11.6 Å². The maximum atomic E-state index is 12.0. The Labute approximate surface area is 235 Å². The number of anilines is 2. The maximum Gasteiger partial charge on any atom is 0.247 e. The number of thiophene rings is 1. The number of nitrogens with one attached hydrogen (secondary N) is 2. The van der Waals surface area contributed by atoms with Crippen LogP contribution in [0.4, 0.5) is 11.5 Å². The van der Waals surface area contributed by atoms with Crippen LogP contribution in [0.15, 0.2) is 37.2 Å². The van der Waals surface area contributed by atoms with Crippen LogP contribution >= 0.6 is 11.3 Å². The number of imidazole rings is 1. The summed E-state index contributed by atoms with van der Waals surface area (Å²) in [4.78, 5) is 35.3. The molecule has 1 amide bonds.